The Hall–Kier alpha value is -0.0761. The number of hydrogen-bond donors (Lipinski definition) is 0. The summed E-state index contributed by atoms with van der Waals surface area (Å²) >= 11 is 0. The van der Waals surface area contributed by atoms with Crippen LogP contribution in [0.2, 0.25) is 0 Å². The van der Waals surface area contributed by atoms with E-state index in [1.54, 1.807) is 26.4 Å². The number of rotatable bonds is 2. The number of hydrogen-bond acceptors (Lipinski definition) is 2. The zero-order valence-electron chi connectivity index (χ0n) is 6.81. The second-order valence-electron chi connectivity index (χ2n) is 1.76. The quantitative estimate of drug-likeness (QED) is 0.527. The minimum absolute atomic E-state index is 0. The molecule has 59 valence electrons. The molecule has 3 heteroatoms. The first-order valence-corrected chi connectivity index (χ1v) is 2.62. The van der Waals surface area contributed by atoms with Gasteiger partial charge < -0.3 is 9.59 Å². The van der Waals surface area contributed by atoms with Gasteiger partial charge in [-0.15, -0.1) is 0 Å². The molecule has 0 bridgehead atoms. The molecule has 0 aliphatic carbocycles. The molecule has 0 aromatic heterocycles. The van der Waals surface area contributed by atoms with Crippen LogP contribution in [-0.2, 0) is 42.3 Å². The van der Waals surface area contributed by atoms with E-state index in [2.05, 4.69) is 13.2 Å². The molecule has 0 aliphatic rings. The minimum Gasteiger partial charge on any atom is -0.419 e. The average molecular weight is 227 g/mol. The van der Waals surface area contributed by atoms with E-state index >= 15 is 0 Å². The SMILES string of the molecule is C=C(C)[C-]=O.C=C(C)[C-]=O.[Y]. The molecule has 0 heterocycles. The van der Waals surface area contributed by atoms with Crippen LogP contribution >= 0.6 is 0 Å². The third-order valence-corrected chi connectivity index (χ3v) is 0.348. The zero-order chi connectivity index (χ0) is 8.57. The molecule has 0 amide bonds. The number of carbonyl (C=O) groups excluding carboxylic acids is 2. The monoisotopic (exact) mass is 227 g/mol. The fourth-order valence-corrected chi connectivity index (χ4v) is 0. The van der Waals surface area contributed by atoms with Crippen molar-refractivity contribution in [2.45, 2.75) is 13.8 Å². The first kappa shape index (κ1) is 17.1. The molecule has 0 aromatic rings. The van der Waals surface area contributed by atoms with Crippen LogP contribution in [0.4, 0.5) is 0 Å². The van der Waals surface area contributed by atoms with Crippen LogP contribution in [-0.4, -0.2) is 12.6 Å². The largest absolute Gasteiger partial charge is 0.419 e. The molecule has 0 spiro atoms. The maximum absolute atomic E-state index is 9.28. The van der Waals surface area contributed by atoms with Crippen molar-refractivity contribution in [3.05, 3.63) is 24.3 Å². The molecule has 11 heavy (non-hydrogen) atoms. The van der Waals surface area contributed by atoms with Crippen LogP contribution < -0.4 is 0 Å². The van der Waals surface area contributed by atoms with Crippen LogP contribution in [0.1, 0.15) is 13.8 Å². The molecular weight excluding hydrogens is 217 g/mol. The van der Waals surface area contributed by atoms with E-state index in [1.807, 2.05) is 0 Å². The molecule has 0 aliphatic heterocycles. The Bertz CT molecular complexity index is 132. The topological polar surface area (TPSA) is 34.1 Å². The van der Waals surface area contributed by atoms with Crippen LogP contribution in [0.25, 0.3) is 0 Å². The van der Waals surface area contributed by atoms with Gasteiger partial charge in [-0.1, -0.05) is 13.8 Å². The second kappa shape index (κ2) is 12.6. The predicted molar refractivity (Wildman–Crippen MR) is 41.0 cm³/mol. The molecule has 0 N–H and O–H groups in total. The van der Waals surface area contributed by atoms with E-state index in [-0.39, 0.29) is 32.7 Å². The maximum atomic E-state index is 9.28. The van der Waals surface area contributed by atoms with Gasteiger partial charge in [-0.05, 0) is 12.6 Å². The van der Waals surface area contributed by atoms with Crippen LogP contribution in [0.5, 0.6) is 0 Å². The molecule has 0 fully saturated rings. The normalized spacial score (nSPS) is 6.00. The summed E-state index contributed by atoms with van der Waals surface area (Å²) in [6.45, 7) is 9.71. The number of allylic oxidation sites excluding steroid dienone is 2. The van der Waals surface area contributed by atoms with Gasteiger partial charge in [-0.2, -0.15) is 11.1 Å². The van der Waals surface area contributed by atoms with Crippen molar-refractivity contribution < 1.29 is 42.3 Å². The van der Waals surface area contributed by atoms with E-state index in [0.717, 1.165) is 0 Å². The van der Waals surface area contributed by atoms with Gasteiger partial charge in [0, 0.05) is 32.7 Å². The summed E-state index contributed by atoms with van der Waals surface area (Å²) in [5.74, 6) is 0. The van der Waals surface area contributed by atoms with Gasteiger partial charge in [0.2, 0.25) is 0 Å². The van der Waals surface area contributed by atoms with Gasteiger partial charge in [0.05, 0.1) is 0 Å². The second-order valence-corrected chi connectivity index (χ2v) is 1.76. The molecule has 0 rings (SSSR count). The minimum atomic E-state index is 0. The zero-order valence-corrected chi connectivity index (χ0v) is 9.65. The van der Waals surface area contributed by atoms with Gasteiger partial charge in [0.25, 0.3) is 0 Å². The Morgan fingerprint density at radius 3 is 1.09 bits per heavy atom. The Morgan fingerprint density at radius 1 is 1.00 bits per heavy atom. The van der Waals surface area contributed by atoms with Crippen LogP contribution in [0.15, 0.2) is 24.3 Å². The van der Waals surface area contributed by atoms with Crippen molar-refractivity contribution in [3.63, 3.8) is 0 Å². The van der Waals surface area contributed by atoms with Crippen molar-refractivity contribution in [1.29, 1.82) is 0 Å². The van der Waals surface area contributed by atoms with E-state index in [1.165, 1.54) is 0 Å². The van der Waals surface area contributed by atoms with E-state index in [4.69, 9.17) is 0 Å². The summed E-state index contributed by atoms with van der Waals surface area (Å²) in [5, 5.41) is 0. The van der Waals surface area contributed by atoms with Gasteiger partial charge in [0.15, 0.2) is 0 Å². The van der Waals surface area contributed by atoms with Gasteiger partial charge in [-0.25, -0.2) is 13.2 Å². The smallest absolute Gasteiger partial charge is 0 e. The third-order valence-electron chi connectivity index (χ3n) is 0.348. The van der Waals surface area contributed by atoms with E-state index in [0.29, 0.717) is 11.1 Å². The molecule has 0 atom stereocenters. The standard InChI is InChI=1S/2C4H5O.Y/c2*1-4(2)3-5;/h2*1H2,2H3;/q2*-1;. The van der Waals surface area contributed by atoms with Gasteiger partial charge in [0.1, 0.15) is 0 Å². The molecular formula is C8H10O2Y-2. The predicted octanol–water partition coefficient (Wildman–Crippen LogP) is 1.34. The molecule has 0 saturated carbocycles. The van der Waals surface area contributed by atoms with Gasteiger partial charge >= 0.3 is 0 Å². The fourth-order valence-electron chi connectivity index (χ4n) is 0. The summed E-state index contributed by atoms with van der Waals surface area (Å²) < 4.78 is 0. The summed E-state index contributed by atoms with van der Waals surface area (Å²) in [4.78, 5) is 18.6. The first-order valence-electron chi connectivity index (χ1n) is 2.62. The Kier molecular flexibility index (Phi) is 19.6. The van der Waals surface area contributed by atoms with Crippen molar-refractivity contribution in [2.75, 3.05) is 0 Å². The summed E-state index contributed by atoms with van der Waals surface area (Å²) in [6, 6.07) is 0. The van der Waals surface area contributed by atoms with E-state index in [9.17, 15) is 9.59 Å². The third kappa shape index (κ3) is 40.5. The molecule has 2 nitrogen and oxygen atoms in total. The van der Waals surface area contributed by atoms with Crippen LogP contribution in [0, 0.1) is 0 Å². The first-order chi connectivity index (χ1) is 4.54. The molecule has 0 aromatic carbocycles. The summed E-state index contributed by atoms with van der Waals surface area (Å²) in [5.41, 5.74) is 0.898. The van der Waals surface area contributed by atoms with Crippen LogP contribution in [0.3, 0.4) is 0 Å². The Labute approximate surface area is 92.6 Å². The summed E-state index contributed by atoms with van der Waals surface area (Å²) in [7, 11) is 0. The van der Waals surface area contributed by atoms with E-state index < -0.39 is 0 Å². The average Bonchev–Trinajstić information content (AvgIpc) is 1.89. The summed E-state index contributed by atoms with van der Waals surface area (Å²) in [6.07, 6.45) is 3.17. The Morgan fingerprint density at radius 2 is 1.09 bits per heavy atom. The van der Waals surface area contributed by atoms with Crippen molar-refractivity contribution in [2.24, 2.45) is 0 Å². The van der Waals surface area contributed by atoms with Crippen molar-refractivity contribution in [1.82, 2.24) is 0 Å². The van der Waals surface area contributed by atoms with Crippen molar-refractivity contribution >= 4 is 12.6 Å². The van der Waals surface area contributed by atoms with Gasteiger partial charge in [-0.3, -0.25) is 0 Å². The molecule has 0 unspecified atom stereocenters. The maximum Gasteiger partial charge on any atom is 0 e. The molecule has 0 saturated heterocycles. The fraction of sp³-hybridized carbons (Fsp3) is 0.250. The Balaban J connectivity index is -0.000000107. The van der Waals surface area contributed by atoms with Crippen molar-refractivity contribution in [3.8, 4) is 0 Å². The molecule has 1 radical (unpaired) electrons.